The number of methoxy groups -OCH3 is 2. The topological polar surface area (TPSA) is 18.5 Å². The normalized spacial score (nSPS) is 11.0. The zero-order valence-corrected chi connectivity index (χ0v) is 11.1. The molecule has 0 spiro atoms. The molecule has 0 aliphatic rings. The first-order valence-electron chi connectivity index (χ1n) is 5.77. The molecular weight excluding hydrogens is 200 g/mol. The highest BCUT2D eigenvalue weighted by Crippen LogP contribution is 2.40. The van der Waals surface area contributed by atoms with Gasteiger partial charge < -0.3 is 9.47 Å². The highest BCUT2D eigenvalue weighted by Gasteiger charge is 2.18. The number of hydrogen-bond donors (Lipinski definition) is 0. The maximum Gasteiger partial charge on any atom is 0.164 e. The van der Waals surface area contributed by atoms with Crippen molar-refractivity contribution >= 4 is 0 Å². The monoisotopic (exact) mass is 222 g/mol. The van der Waals surface area contributed by atoms with Gasteiger partial charge in [0.1, 0.15) is 0 Å². The number of rotatable bonds is 4. The molecule has 0 heterocycles. The lowest BCUT2D eigenvalue weighted by Crippen LogP contribution is -2.03. The Labute approximate surface area is 98.6 Å². The fourth-order valence-electron chi connectivity index (χ4n) is 2.07. The van der Waals surface area contributed by atoms with Gasteiger partial charge in [-0.25, -0.2) is 0 Å². The Kier molecular flexibility index (Phi) is 4.22. The summed E-state index contributed by atoms with van der Waals surface area (Å²) in [6.07, 6.45) is 0. The fraction of sp³-hybridized carbons (Fsp3) is 0.571. The van der Waals surface area contributed by atoms with Crippen LogP contribution >= 0.6 is 0 Å². The third-order valence-electron chi connectivity index (χ3n) is 2.82. The predicted molar refractivity (Wildman–Crippen MR) is 67.7 cm³/mol. The van der Waals surface area contributed by atoms with Crippen molar-refractivity contribution in [1.82, 2.24) is 0 Å². The molecule has 0 amide bonds. The van der Waals surface area contributed by atoms with Crippen LogP contribution in [-0.2, 0) is 0 Å². The molecule has 0 saturated heterocycles. The Balaban J connectivity index is 3.44. The second-order valence-corrected chi connectivity index (χ2v) is 4.61. The summed E-state index contributed by atoms with van der Waals surface area (Å²) in [5.74, 6) is 2.62. The minimum Gasteiger partial charge on any atom is -0.493 e. The van der Waals surface area contributed by atoms with Gasteiger partial charge in [-0.3, -0.25) is 0 Å². The van der Waals surface area contributed by atoms with Crippen molar-refractivity contribution in [2.24, 2.45) is 0 Å². The average Bonchev–Trinajstić information content (AvgIpc) is 2.26. The molecule has 0 unspecified atom stereocenters. The minimum atomic E-state index is 0.433. The van der Waals surface area contributed by atoms with Crippen LogP contribution in [0.15, 0.2) is 12.1 Å². The molecule has 1 aromatic carbocycles. The standard InChI is InChI=1S/C14H22O2/c1-9(2)11-7-8-12(15-5)14(16-6)13(11)10(3)4/h7-10H,1-6H3. The van der Waals surface area contributed by atoms with E-state index in [1.165, 1.54) is 11.1 Å². The lowest BCUT2D eigenvalue weighted by molar-refractivity contribution is 0.349. The van der Waals surface area contributed by atoms with Gasteiger partial charge >= 0.3 is 0 Å². The van der Waals surface area contributed by atoms with Crippen LogP contribution in [0.1, 0.15) is 50.7 Å². The third kappa shape index (κ3) is 2.31. The summed E-state index contributed by atoms with van der Waals surface area (Å²) in [5, 5.41) is 0. The molecule has 0 saturated carbocycles. The van der Waals surface area contributed by atoms with Gasteiger partial charge in [-0.05, 0) is 23.5 Å². The van der Waals surface area contributed by atoms with E-state index in [0.717, 1.165) is 11.5 Å². The summed E-state index contributed by atoms with van der Waals surface area (Å²) in [6.45, 7) is 8.77. The van der Waals surface area contributed by atoms with Crippen LogP contribution in [0.5, 0.6) is 11.5 Å². The molecule has 0 bridgehead atoms. The average molecular weight is 222 g/mol. The van der Waals surface area contributed by atoms with Crippen molar-refractivity contribution in [3.8, 4) is 11.5 Å². The van der Waals surface area contributed by atoms with Crippen LogP contribution in [0.3, 0.4) is 0 Å². The Bertz CT molecular complexity index is 354. The predicted octanol–water partition coefficient (Wildman–Crippen LogP) is 3.95. The molecule has 16 heavy (non-hydrogen) atoms. The molecular formula is C14H22O2. The van der Waals surface area contributed by atoms with Crippen LogP contribution in [0.4, 0.5) is 0 Å². The maximum atomic E-state index is 5.49. The maximum absolute atomic E-state index is 5.49. The van der Waals surface area contributed by atoms with Crippen LogP contribution in [0.2, 0.25) is 0 Å². The number of hydrogen-bond acceptors (Lipinski definition) is 2. The van der Waals surface area contributed by atoms with Crippen molar-refractivity contribution in [3.05, 3.63) is 23.3 Å². The molecule has 2 nitrogen and oxygen atoms in total. The summed E-state index contributed by atoms with van der Waals surface area (Å²) in [6, 6.07) is 4.13. The first-order valence-corrected chi connectivity index (χ1v) is 5.77. The summed E-state index contributed by atoms with van der Waals surface area (Å²) in [4.78, 5) is 0. The summed E-state index contributed by atoms with van der Waals surface area (Å²) in [7, 11) is 3.38. The van der Waals surface area contributed by atoms with E-state index in [1.54, 1.807) is 14.2 Å². The van der Waals surface area contributed by atoms with E-state index in [4.69, 9.17) is 9.47 Å². The van der Waals surface area contributed by atoms with E-state index in [0.29, 0.717) is 11.8 Å². The highest BCUT2D eigenvalue weighted by molar-refractivity contribution is 5.53. The SMILES string of the molecule is COc1ccc(C(C)C)c(C(C)C)c1OC. The first kappa shape index (κ1) is 12.9. The van der Waals surface area contributed by atoms with Crippen LogP contribution < -0.4 is 9.47 Å². The number of ether oxygens (including phenoxy) is 2. The van der Waals surface area contributed by atoms with Gasteiger partial charge in [0.2, 0.25) is 0 Å². The Morgan fingerprint density at radius 2 is 1.50 bits per heavy atom. The molecule has 0 fully saturated rings. The zero-order valence-electron chi connectivity index (χ0n) is 11.1. The Morgan fingerprint density at radius 3 is 1.88 bits per heavy atom. The second kappa shape index (κ2) is 5.24. The van der Waals surface area contributed by atoms with Crippen molar-refractivity contribution in [2.75, 3.05) is 14.2 Å². The number of benzene rings is 1. The third-order valence-corrected chi connectivity index (χ3v) is 2.82. The van der Waals surface area contributed by atoms with E-state index in [-0.39, 0.29) is 0 Å². The Hall–Kier alpha value is -1.18. The molecule has 1 aromatic rings. The van der Waals surface area contributed by atoms with E-state index in [2.05, 4.69) is 33.8 Å². The van der Waals surface area contributed by atoms with E-state index in [9.17, 15) is 0 Å². The molecule has 90 valence electrons. The van der Waals surface area contributed by atoms with Crippen molar-refractivity contribution < 1.29 is 9.47 Å². The molecule has 0 aliphatic carbocycles. The highest BCUT2D eigenvalue weighted by atomic mass is 16.5. The molecule has 1 rings (SSSR count). The van der Waals surface area contributed by atoms with Gasteiger partial charge in [-0.2, -0.15) is 0 Å². The van der Waals surface area contributed by atoms with Crippen molar-refractivity contribution in [2.45, 2.75) is 39.5 Å². The van der Waals surface area contributed by atoms with Crippen molar-refractivity contribution in [3.63, 3.8) is 0 Å². The van der Waals surface area contributed by atoms with Gasteiger partial charge in [0.05, 0.1) is 14.2 Å². The second-order valence-electron chi connectivity index (χ2n) is 4.61. The summed E-state index contributed by atoms with van der Waals surface area (Å²) >= 11 is 0. The van der Waals surface area contributed by atoms with Gasteiger partial charge in [0, 0.05) is 5.56 Å². The van der Waals surface area contributed by atoms with E-state index < -0.39 is 0 Å². The van der Waals surface area contributed by atoms with Crippen molar-refractivity contribution in [1.29, 1.82) is 0 Å². The molecule has 0 aliphatic heterocycles. The largest absolute Gasteiger partial charge is 0.493 e. The quantitative estimate of drug-likeness (QED) is 0.768. The zero-order chi connectivity index (χ0) is 12.3. The molecule has 0 atom stereocenters. The summed E-state index contributed by atoms with van der Waals surface area (Å²) < 4.78 is 10.8. The lowest BCUT2D eigenvalue weighted by Gasteiger charge is -2.21. The molecule has 0 radical (unpaired) electrons. The lowest BCUT2D eigenvalue weighted by atomic mass is 9.89. The van der Waals surface area contributed by atoms with Gasteiger partial charge in [0.15, 0.2) is 11.5 Å². The van der Waals surface area contributed by atoms with Gasteiger partial charge in [0.25, 0.3) is 0 Å². The molecule has 2 heteroatoms. The van der Waals surface area contributed by atoms with Crippen LogP contribution in [0.25, 0.3) is 0 Å². The molecule has 0 aromatic heterocycles. The van der Waals surface area contributed by atoms with Gasteiger partial charge in [-0.1, -0.05) is 33.8 Å². The smallest absolute Gasteiger partial charge is 0.164 e. The minimum absolute atomic E-state index is 0.433. The fourth-order valence-corrected chi connectivity index (χ4v) is 2.07. The first-order chi connectivity index (χ1) is 7.52. The Morgan fingerprint density at radius 1 is 0.875 bits per heavy atom. The van der Waals surface area contributed by atoms with Crippen LogP contribution in [-0.4, -0.2) is 14.2 Å². The van der Waals surface area contributed by atoms with E-state index >= 15 is 0 Å². The van der Waals surface area contributed by atoms with Crippen LogP contribution in [0, 0.1) is 0 Å². The van der Waals surface area contributed by atoms with E-state index in [1.807, 2.05) is 6.07 Å². The summed E-state index contributed by atoms with van der Waals surface area (Å²) in [5.41, 5.74) is 2.60. The van der Waals surface area contributed by atoms with Gasteiger partial charge in [-0.15, -0.1) is 0 Å². The molecule has 0 N–H and O–H groups in total.